The number of carbonyl (C=O) groups is 2. The van der Waals surface area contributed by atoms with E-state index in [0.29, 0.717) is 0 Å². The number of anilines is 1. The van der Waals surface area contributed by atoms with Gasteiger partial charge in [-0.1, -0.05) is 12.1 Å². The summed E-state index contributed by atoms with van der Waals surface area (Å²) in [6.45, 7) is 5.19. The Balaban J connectivity index is 1.97. The summed E-state index contributed by atoms with van der Waals surface area (Å²) in [7, 11) is 0. The molecular weight excluding hydrogens is 266 g/mol. The Morgan fingerprint density at radius 3 is 2.86 bits per heavy atom. The minimum absolute atomic E-state index is 0.0553. The molecule has 21 heavy (non-hydrogen) atoms. The van der Waals surface area contributed by atoms with Gasteiger partial charge in [0.2, 0.25) is 11.8 Å². The van der Waals surface area contributed by atoms with Crippen LogP contribution >= 0.6 is 0 Å². The number of carbonyl (C=O) groups excluding carboxylic acids is 2. The highest BCUT2D eigenvalue weighted by molar-refractivity contribution is 5.88. The van der Waals surface area contributed by atoms with E-state index in [-0.39, 0.29) is 23.8 Å². The molecule has 5 heteroatoms. The molecular formula is C16H23N3O2. The maximum atomic E-state index is 12.2. The first-order valence-corrected chi connectivity index (χ1v) is 7.45. The third-order valence-electron chi connectivity index (χ3n) is 3.73. The minimum Gasteiger partial charge on any atom is -0.349 e. The Labute approximate surface area is 125 Å². The fourth-order valence-electron chi connectivity index (χ4n) is 2.58. The fourth-order valence-corrected chi connectivity index (χ4v) is 2.58. The first-order valence-electron chi connectivity index (χ1n) is 7.45. The van der Waals surface area contributed by atoms with Crippen LogP contribution in [0.25, 0.3) is 0 Å². The zero-order valence-corrected chi connectivity index (χ0v) is 12.6. The van der Waals surface area contributed by atoms with Crippen molar-refractivity contribution < 1.29 is 9.59 Å². The lowest BCUT2D eigenvalue weighted by Gasteiger charge is -2.24. The van der Waals surface area contributed by atoms with E-state index in [9.17, 15) is 9.59 Å². The fraction of sp³-hybridized carbons (Fsp3) is 0.500. The molecule has 2 amide bonds. The van der Waals surface area contributed by atoms with Crippen LogP contribution in [0.15, 0.2) is 24.3 Å². The lowest BCUT2D eigenvalue weighted by molar-refractivity contribution is -0.126. The summed E-state index contributed by atoms with van der Waals surface area (Å²) in [5, 5.41) is 9.06. The third kappa shape index (κ3) is 4.56. The standard InChI is InChI=1S/C16H23N3O2/c1-11(18-16(21)14-6-4-8-17-10-14)13-5-3-7-15(9-13)19-12(2)20/h3,5,7,9,11,14,17H,4,6,8,10H2,1-2H3,(H,18,21)(H,19,20)/t11?,14-/m0/s1. The van der Waals surface area contributed by atoms with Crippen molar-refractivity contribution in [1.29, 1.82) is 0 Å². The summed E-state index contributed by atoms with van der Waals surface area (Å²) in [4.78, 5) is 23.3. The van der Waals surface area contributed by atoms with Crippen LogP contribution in [0, 0.1) is 5.92 Å². The van der Waals surface area contributed by atoms with Crippen molar-refractivity contribution in [2.45, 2.75) is 32.7 Å². The zero-order chi connectivity index (χ0) is 15.2. The number of benzene rings is 1. The van der Waals surface area contributed by atoms with Gasteiger partial charge >= 0.3 is 0 Å². The van der Waals surface area contributed by atoms with Gasteiger partial charge in [0.05, 0.1) is 12.0 Å². The SMILES string of the molecule is CC(=O)Nc1cccc(C(C)NC(=O)[C@H]2CCCNC2)c1. The molecule has 0 spiro atoms. The molecule has 1 aromatic carbocycles. The van der Waals surface area contributed by atoms with Gasteiger partial charge in [0.15, 0.2) is 0 Å². The van der Waals surface area contributed by atoms with Gasteiger partial charge < -0.3 is 16.0 Å². The Morgan fingerprint density at radius 2 is 2.19 bits per heavy atom. The molecule has 0 radical (unpaired) electrons. The Morgan fingerprint density at radius 1 is 1.38 bits per heavy atom. The van der Waals surface area contributed by atoms with Crippen LogP contribution in [0.5, 0.6) is 0 Å². The molecule has 3 N–H and O–H groups in total. The number of hydrogen-bond donors (Lipinski definition) is 3. The topological polar surface area (TPSA) is 70.2 Å². The molecule has 0 saturated carbocycles. The lowest BCUT2D eigenvalue weighted by atomic mass is 9.98. The van der Waals surface area contributed by atoms with Crippen LogP contribution in [0.3, 0.4) is 0 Å². The number of nitrogens with one attached hydrogen (secondary N) is 3. The van der Waals surface area contributed by atoms with Crippen molar-refractivity contribution in [2.24, 2.45) is 5.92 Å². The Bertz CT molecular complexity index is 510. The third-order valence-corrected chi connectivity index (χ3v) is 3.73. The summed E-state index contributed by atoms with van der Waals surface area (Å²) < 4.78 is 0. The Kier molecular flexibility index (Phi) is 5.33. The molecule has 1 aliphatic rings. The Hall–Kier alpha value is -1.88. The van der Waals surface area contributed by atoms with Gasteiger partial charge in [-0.05, 0) is 44.0 Å². The molecule has 5 nitrogen and oxygen atoms in total. The van der Waals surface area contributed by atoms with E-state index in [1.54, 1.807) is 0 Å². The van der Waals surface area contributed by atoms with Crippen molar-refractivity contribution in [3.63, 3.8) is 0 Å². The molecule has 1 saturated heterocycles. The predicted molar refractivity (Wildman–Crippen MR) is 82.9 cm³/mol. The molecule has 1 heterocycles. The van der Waals surface area contributed by atoms with Crippen LogP contribution in [-0.2, 0) is 9.59 Å². The molecule has 114 valence electrons. The van der Waals surface area contributed by atoms with Gasteiger partial charge in [-0.2, -0.15) is 0 Å². The molecule has 1 aliphatic heterocycles. The van der Waals surface area contributed by atoms with Crippen molar-refractivity contribution in [2.75, 3.05) is 18.4 Å². The van der Waals surface area contributed by atoms with E-state index >= 15 is 0 Å². The van der Waals surface area contributed by atoms with E-state index in [1.807, 2.05) is 31.2 Å². The van der Waals surface area contributed by atoms with E-state index in [0.717, 1.165) is 37.2 Å². The average molecular weight is 289 g/mol. The smallest absolute Gasteiger partial charge is 0.224 e. The second kappa shape index (κ2) is 7.22. The summed E-state index contributed by atoms with van der Waals surface area (Å²) >= 11 is 0. The molecule has 0 aromatic heterocycles. The predicted octanol–water partition coefficient (Wildman–Crippen LogP) is 1.82. The van der Waals surface area contributed by atoms with Crippen molar-refractivity contribution in [1.82, 2.24) is 10.6 Å². The highest BCUT2D eigenvalue weighted by atomic mass is 16.2. The van der Waals surface area contributed by atoms with Crippen LogP contribution in [0.2, 0.25) is 0 Å². The van der Waals surface area contributed by atoms with Gasteiger partial charge in [-0.3, -0.25) is 9.59 Å². The number of piperidine rings is 1. The first-order chi connectivity index (χ1) is 10.1. The van der Waals surface area contributed by atoms with E-state index in [4.69, 9.17) is 0 Å². The van der Waals surface area contributed by atoms with Crippen molar-refractivity contribution >= 4 is 17.5 Å². The quantitative estimate of drug-likeness (QED) is 0.792. The maximum absolute atomic E-state index is 12.2. The number of amides is 2. The largest absolute Gasteiger partial charge is 0.349 e. The highest BCUT2D eigenvalue weighted by Gasteiger charge is 2.22. The summed E-state index contributed by atoms with van der Waals surface area (Å²) in [5.74, 6) is 0.0523. The van der Waals surface area contributed by atoms with Gasteiger partial charge in [0.1, 0.15) is 0 Å². The maximum Gasteiger partial charge on any atom is 0.224 e. The van der Waals surface area contributed by atoms with Crippen LogP contribution in [0.4, 0.5) is 5.69 Å². The molecule has 2 rings (SSSR count). The average Bonchev–Trinajstić information content (AvgIpc) is 2.47. The number of hydrogen-bond acceptors (Lipinski definition) is 3. The molecule has 1 fully saturated rings. The first kappa shape index (κ1) is 15.5. The van der Waals surface area contributed by atoms with Gasteiger partial charge in [0.25, 0.3) is 0 Å². The molecule has 0 bridgehead atoms. The van der Waals surface area contributed by atoms with Crippen LogP contribution < -0.4 is 16.0 Å². The molecule has 0 aliphatic carbocycles. The van der Waals surface area contributed by atoms with Crippen molar-refractivity contribution in [3.8, 4) is 0 Å². The zero-order valence-electron chi connectivity index (χ0n) is 12.6. The van der Waals surface area contributed by atoms with E-state index in [2.05, 4.69) is 16.0 Å². The molecule has 1 unspecified atom stereocenters. The van der Waals surface area contributed by atoms with Crippen molar-refractivity contribution in [3.05, 3.63) is 29.8 Å². The summed E-state index contributed by atoms with van der Waals surface area (Å²) in [5.41, 5.74) is 1.74. The van der Waals surface area contributed by atoms with Gasteiger partial charge in [-0.25, -0.2) is 0 Å². The minimum atomic E-state index is -0.0999. The number of rotatable bonds is 4. The van der Waals surface area contributed by atoms with Crippen LogP contribution in [-0.4, -0.2) is 24.9 Å². The van der Waals surface area contributed by atoms with E-state index < -0.39 is 0 Å². The van der Waals surface area contributed by atoms with E-state index in [1.165, 1.54) is 6.92 Å². The summed E-state index contributed by atoms with van der Waals surface area (Å²) in [6.07, 6.45) is 1.99. The van der Waals surface area contributed by atoms with Gasteiger partial charge in [-0.15, -0.1) is 0 Å². The molecule has 1 aromatic rings. The monoisotopic (exact) mass is 289 g/mol. The molecule has 2 atom stereocenters. The highest BCUT2D eigenvalue weighted by Crippen LogP contribution is 2.19. The lowest BCUT2D eigenvalue weighted by Crippen LogP contribution is -2.41. The summed E-state index contributed by atoms with van der Waals surface area (Å²) in [6, 6.07) is 7.49. The second-order valence-electron chi connectivity index (χ2n) is 5.58. The van der Waals surface area contributed by atoms with Gasteiger partial charge in [0, 0.05) is 19.2 Å². The van der Waals surface area contributed by atoms with Crippen LogP contribution in [0.1, 0.15) is 38.3 Å². The normalized spacial score (nSPS) is 19.6. The second-order valence-corrected chi connectivity index (χ2v) is 5.58.